The van der Waals surface area contributed by atoms with Crippen molar-refractivity contribution < 1.29 is 5.11 Å². The molecule has 82 valence electrons. The van der Waals surface area contributed by atoms with Crippen molar-refractivity contribution in [2.24, 2.45) is 11.1 Å². The van der Waals surface area contributed by atoms with E-state index in [0.717, 1.165) is 32.2 Å². The molecule has 3 N–H and O–H groups in total. The fourth-order valence-corrected chi connectivity index (χ4v) is 2.62. The van der Waals surface area contributed by atoms with E-state index in [0.29, 0.717) is 0 Å². The van der Waals surface area contributed by atoms with Gasteiger partial charge in [0.05, 0.1) is 0 Å². The van der Waals surface area contributed by atoms with E-state index in [2.05, 4.69) is 24.3 Å². The maximum atomic E-state index is 9.57. The lowest BCUT2D eigenvalue weighted by Crippen LogP contribution is -2.27. The first-order valence-corrected chi connectivity index (χ1v) is 5.67. The van der Waals surface area contributed by atoms with E-state index in [9.17, 15) is 5.11 Å². The van der Waals surface area contributed by atoms with Crippen LogP contribution in [0.4, 0.5) is 0 Å². The molecule has 0 amide bonds. The van der Waals surface area contributed by atoms with Crippen LogP contribution in [0.2, 0.25) is 0 Å². The van der Waals surface area contributed by atoms with Gasteiger partial charge in [-0.1, -0.05) is 24.3 Å². The molecule has 0 radical (unpaired) electrons. The fourth-order valence-electron chi connectivity index (χ4n) is 2.62. The van der Waals surface area contributed by atoms with E-state index in [1.165, 1.54) is 11.1 Å². The van der Waals surface area contributed by atoms with Gasteiger partial charge in [0, 0.05) is 12.0 Å². The molecule has 0 fully saturated rings. The van der Waals surface area contributed by atoms with Crippen molar-refractivity contribution in [3.8, 4) is 0 Å². The molecule has 0 aromatic heterocycles. The van der Waals surface area contributed by atoms with Crippen molar-refractivity contribution in [3.63, 3.8) is 0 Å². The van der Waals surface area contributed by atoms with Crippen molar-refractivity contribution in [2.45, 2.75) is 25.7 Å². The summed E-state index contributed by atoms with van der Waals surface area (Å²) in [6.07, 6.45) is 4.07. The van der Waals surface area contributed by atoms with Gasteiger partial charge in [-0.05, 0) is 43.4 Å². The largest absolute Gasteiger partial charge is 0.396 e. The Kier molecular flexibility index (Phi) is 3.08. The second-order valence-electron chi connectivity index (χ2n) is 4.67. The first-order chi connectivity index (χ1) is 7.29. The van der Waals surface area contributed by atoms with Gasteiger partial charge in [-0.3, -0.25) is 0 Å². The molecule has 0 spiro atoms. The molecule has 0 heterocycles. The van der Waals surface area contributed by atoms with Crippen LogP contribution < -0.4 is 5.73 Å². The number of nitrogens with two attached hydrogens (primary N) is 1. The summed E-state index contributed by atoms with van der Waals surface area (Å²) >= 11 is 0. The number of hydrogen-bond donors (Lipinski definition) is 2. The Hall–Kier alpha value is -0.860. The number of aliphatic hydroxyl groups is 1. The Morgan fingerprint density at radius 1 is 1.20 bits per heavy atom. The molecule has 0 atom stereocenters. The Labute approximate surface area is 91.1 Å². The van der Waals surface area contributed by atoms with Crippen molar-refractivity contribution in [3.05, 3.63) is 35.4 Å². The van der Waals surface area contributed by atoms with Crippen LogP contribution in [0.25, 0.3) is 0 Å². The third-order valence-corrected chi connectivity index (χ3v) is 3.50. The van der Waals surface area contributed by atoms with Crippen molar-refractivity contribution >= 4 is 0 Å². The highest BCUT2D eigenvalue weighted by Gasteiger charge is 2.35. The van der Waals surface area contributed by atoms with Crippen LogP contribution >= 0.6 is 0 Å². The second kappa shape index (κ2) is 4.33. The van der Waals surface area contributed by atoms with E-state index in [1.807, 2.05) is 0 Å². The minimum atomic E-state index is 0.0725. The Balaban J connectivity index is 2.14. The summed E-state index contributed by atoms with van der Waals surface area (Å²) in [5, 5.41) is 9.57. The number of fused-ring (bicyclic) bond motifs is 1. The minimum absolute atomic E-state index is 0.0725. The summed E-state index contributed by atoms with van der Waals surface area (Å²) in [6, 6.07) is 8.51. The molecular formula is C13H19NO. The topological polar surface area (TPSA) is 46.2 Å². The molecule has 0 bridgehead atoms. The van der Waals surface area contributed by atoms with Gasteiger partial charge < -0.3 is 10.8 Å². The molecule has 1 aliphatic rings. The average molecular weight is 205 g/mol. The normalized spacial score (nSPS) is 17.7. The standard InChI is InChI=1S/C13H19NO/c14-7-3-6-13(10-15)8-11-4-1-2-5-12(11)9-13/h1-2,4-5,15H,3,6-10,14H2. The molecule has 0 saturated heterocycles. The van der Waals surface area contributed by atoms with Gasteiger partial charge in [-0.25, -0.2) is 0 Å². The van der Waals surface area contributed by atoms with Gasteiger partial charge >= 0.3 is 0 Å². The van der Waals surface area contributed by atoms with Gasteiger partial charge in [0.1, 0.15) is 0 Å². The van der Waals surface area contributed by atoms with Crippen molar-refractivity contribution in [1.29, 1.82) is 0 Å². The lowest BCUT2D eigenvalue weighted by Gasteiger charge is -2.26. The van der Waals surface area contributed by atoms with E-state index in [-0.39, 0.29) is 12.0 Å². The first kappa shape index (κ1) is 10.7. The molecular weight excluding hydrogens is 186 g/mol. The van der Waals surface area contributed by atoms with Gasteiger partial charge in [-0.15, -0.1) is 0 Å². The van der Waals surface area contributed by atoms with Gasteiger partial charge in [0.15, 0.2) is 0 Å². The van der Waals surface area contributed by atoms with E-state index in [1.54, 1.807) is 0 Å². The molecule has 1 aromatic carbocycles. The summed E-state index contributed by atoms with van der Waals surface area (Å²) in [5.41, 5.74) is 8.43. The number of rotatable bonds is 4. The molecule has 2 nitrogen and oxygen atoms in total. The lowest BCUT2D eigenvalue weighted by atomic mass is 9.81. The zero-order chi connectivity index (χ0) is 10.7. The molecule has 1 aliphatic carbocycles. The van der Waals surface area contributed by atoms with Gasteiger partial charge in [-0.2, -0.15) is 0 Å². The average Bonchev–Trinajstić information content (AvgIpc) is 2.65. The second-order valence-corrected chi connectivity index (χ2v) is 4.67. The van der Waals surface area contributed by atoms with Crippen LogP contribution in [0, 0.1) is 5.41 Å². The maximum absolute atomic E-state index is 9.57. The fraction of sp³-hybridized carbons (Fsp3) is 0.538. The highest BCUT2D eigenvalue weighted by molar-refractivity contribution is 5.34. The van der Waals surface area contributed by atoms with Crippen molar-refractivity contribution in [2.75, 3.05) is 13.2 Å². The van der Waals surface area contributed by atoms with Crippen LogP contribution in [-0.4, -0.2) is 18.3 Å². The monoisotopic (exact) mass is 205 g/mol. The maximum Gasteiger partial charge on any atom is 0.0493 e. The van der Waals surface area contributed by atoms with Crippen LogP contribution in [-0.2, 0) is 12.8 Å². The van der Waals surface area contributed by atoms with E-state index >= 15 is 0 Å². The predicted octanol–water partition coefficient (Wildman–Crippen LogP) is 1.50. The third kappa shape index (κ3) is 2.06. The summed E-state index contributed by atoms with van der Waals surface area (Å²) in [6.45, 7) is 1.000. The first-order valence-electron chi connectivity index (χ1n) is 5.67. The highest BCUT2D eigenvalue weighted by Crippen LogP contribution is 2.39. The zero-order valence-corrected chi connectivity index (χ0v) is 9.08. The van der Waals surface area contributed by atoms with Gasteiger partial charge in [0.2, 0.25) is 0 Å². The Morgan fingerprint density at radius 3 is 2.27 bits per heavy atom. The summed E-state index contributed by atoms with van der Waals surface area (Å²) < 4.78 is 0. The summed E-state index contributed by atoms with van der Waals surface area (Å²) in [4.78, 5) is 0. The number of aliphatic hydroxyl groups excluding tert-OH is 1. The third-order valence-electron chi connectivity index (χ3n) is 3.50. The van der Waals surface area contributed by atoms with E-state index in [4.69, 9.17) is 5.73 Å². The van der Waals surface area contributed by atoms with Crippen LogP contribution in [0.3, 0.4) is 0 Å². The minimum Gasteiger partial charge on any atom is -0.396 e. The number of hydrogen-bond acceptors (Lipinski definition) is 2. The lowest BCUT2D eigenvalue weighted by molar-refractivity contribution is 0.122. The van der Waals surface area contributed by atoms with Gasteiger partial charge in [0.25, 0.3) is 0 Å². The molecule has 2 rings (SSSR count). The SMILES string of the molecule is NCCCC1(CO)Cc2ccccc2C1. The Bertz CT molecular complexity index is 310. The molecule has 0 unspecified atom stereocenters. The van der Waals surface area contributed by atoms with Crippen LogP contribution in [0.15, 0.2) is 24.3 Å². The summed E-state index contributed by atoms with van der Waals surface area (Å²) in [7, 11) is 0. The Morgan fingerprint density at radius 2 is 1.80 bits per heavy atom. The molecule has 15 heavy (non-hydrogen) atoms. The number of benzene rings is 1. The highest BCUT2D eigenvalue weighted by atomic mass is 16.3. The molecule has 0 saturated carbocycles. The van der Waals surface area contributed by atoms with Crippen molar-refractivity contribution in [1.82, 2.24) is 0 Å². The van der Waals surface area contributed by atoms with Crippen LogP contribution in [0.5, 0.6) is 0 Å². The molecule has 2 heteroatoms. The van der Waals surface area contributed by atoms with Crippen LogP contribution in [0.1, 0.15) is 24.0 Å². The molecule has 0 aliphatic heterocycles. The molecule has 1 aromatic rings. The predicted molar refractivity (Wildman–Crippen MR) is 61.7 cm³/mol. The zero-order valence-electron chi connectivity index (χ0n) is 9.08. The summed E-state index contributed by atoms with van der Waals surface area (Å²) in [5.74, 6) is 0. The van der Waals surface area contributed by atoms with E-state index < -0.39 is 0 Å². The smallest absolute Gasteiger partial charge is 0.0493 e. The quantitative estimate of drug-likeness (QED) is 0.782.